The first-order chi connectivity index (χ1) is 12.6. The fourth-order valence-electron chi connectivity index (χ4n) is 3.51. The van der Waals surface area contributed by atoms with Crippen molar-refractivity contribution in [3.8, 4) is 17.2 Å². The highest BCUT2D eigenvalue weighted by Gasteiger charge is 2.36. The lowest BCUT2D eigenvalue weighted by molar-refractivity contribution is 0.171. The van der Waals surface area contributed by atoms with Crippen LogP contribution in [0.4, 0.5) is 0 Å². The van der Waals surface area contributed by atoms with Gasteiger partial charge in [0.25, 0.3) is 0 Å². The van der Waals surface area contributed by atoms with E-state index in [1.807, 2.05) is 24.3 Å². The molecule has 1 fully saturated rings. The predicted octanol–water partition coefficient (Wildman–Crippen LogP) is 2.99. The molecule has 0 aromatic heterocycles. The fourth-order valence-corrected chi connectivity index (χ4v) is 5.20. The second-order valence-electron chi connectivity index (χ2n) is 6.35. The van der Waals surface area contributed by atoms with Gasteiger partial charge in [-0.3, -0.25) is 0 Å². The summed E-state index contributed by atoms with van der Waals surface area (Å²) in [7, 11) is -2.00. The summed E-state index contributed by atoms with van der Waals surface area (Å²) in [6.45, 7) is 1.41. The number of hydrogen-bond donors (Lipinski definition) is 0. The third-order valence-electron chi connectivity index (χ3n) is 4.82. The molecular formula is C19H21NO5S. The number of nitrogens with zero attached hydrogens (tertiary/aromatic N) is 1. The Hall–Kier alpha value is -2.25. The molecule has 1 atom stereocenters. The van der Waals surface area contributed by atoms with E-state index in [0.29, 0.717) is 31.3 Å². The number of rotatable bonds is 4. The zero-order valence-electron chi connectivity index (χ0n) is 14.6. The van der Waals surface area contributed by atoms with E-state index >= 15 is 0 Å². The molecule has 26 heavy (non-hydrogen) atoms. The van der Waals surface area contributed by atoms with E-state index in [2.05, 4.69) is 0 Å². The summed E-state index contributed by atoms with van der Waals surface area (Å²) in [4.78, 5) is 0.238. The molecule has 2 aliphatic rings. The van der Waals surface area contributed by atoms with Gasteiger partial charge in [-0.1, -0.05) is 12.1 Å². The van der Waals surface area contributed by atoms with Crippen LogP contribution in [-0.2, 0) is 10.0 Å². The number of methoxy groups -OCH3 is 1. The van der Waals surface area contributed by atoms with Gasteiger partial charge in [-0.05, 0) is 42.7 Å². The monoisotopic (exact) mass is 375 g/mol. The molecule has 0 spiro atoms. The largest absolute Gasteiger partial charge is 0.497 e. The average Bonchev–Trinajstić information content (AvgIpc) is 3.18. The van der Waals surface area contributed by atoms with E-state index in [-0.39, 0.29) is 10.9 Å². The number of fused-ring (bicyclic) bond motifs is 1. The Kier molecular flexibility index (Phi) is 4.50. The molecule has 6 nitrogen and oxygen atoms in total. The minimum atomic E-state index is -3.62. The van der Waals surface area contributed by atoms with Gasteiger partial charge in [-0.15, -0.1) is 0 Å². The lowest BCUT2D eigenvalue weighted by Crippen LogP contribution is -2.30. The fraction of sp³-hybridized carbons (Fsp3) is 0.368. The third kappa shape index (κ3) is 3.01. The minimum absolute atomic E-state index is 0.167. The molecule has 0 unspecified atom stereocenters. The molecule has 0 radical (unpaired) electrons. The minimum Gasteiger partial charge on any atom is -0.497 e. The zero-order chi connectivity index (χ0) is 18.1. The second kappa shape index (κ2) is 6.81. The Morgan fingerprint density at radius 1 is 1.04 bits per heavy atom. The number of hydrogen-bond acceptors (Lipinski definition) is 5. The maximum atomic E-state index is 13.2. The molecule has 0 bridgehead atoms. The van der Waals surface area contributed by atoms with E-state index in [0.717, 1.165) is 24.2 Å². The van der Waals surface area contributed by atoms with Crippen molar-refractivity contribution in [1.82, 2.24) is 4.31 Å². The normalized spacial score (nSPS) is 20.1. The average molecular weight is 375 g/mol. The van der Waals surface area contributed by atoms with Crippen molar-refractivity contribution in [2.45, 2.75) is 23.8 Å². The molecule has 138 valence electrons. The number of benzene rings is 2. The van der Waals surface area contributed by atoms with Crippen LogP contribution in [0.5, 0.6) is 17.2 Å². The maximum Gasteiger partial charge on any atom is 0.243 e. The first-order valence-electron chi connectivity index (χ1n) is 8.65. The van der Waals surface area contributed by atoms with Crippen molar-refractivity contribution in [2.24, 2.45) is 0 Å². The highest BCUT2D eigenvalue weighted by molar-refractivity contribution is 7.89. The van der Waals surface area contributed by atoms with Crippen molar-refractivity contribution >= 4 is 10.0 Å². The lowest BCUT2D eigenvalue weighted by atomic mass is 10.1. The van der Waals surface area contributed by atoms with E-state index in [9.17, 15) is 8.42 Å². The highest BCUT2D eigenvalue weighted by atomic mass is 32.2. The van der Waals surface area contributed by atoms with Crippen LogP contribution in [0.3, 0.4) is 0 Å². The number of ether oxygens (including phenoxy) is 3. The van der Waals surface area contributed by atoms with Gasteiger partial charge < -0.3 is 14.2 Å². The summed E-state index contributed by atoms with van der Waals surface area (Å²) >= 11 is 0. The van der Waals surface area contributed by atoms with Crippen molar-refractivity contribution in [3.05, 3.63) is 48.0 Å². The van der Waals surface area contributed by atoms with Gasteiger partial charge in [0.15, 0.2) is 11.5 Å². The van der Waals surface area contributed by atoms with Crippen LogP contribution in [0, 0.1) is 0 Å². The summed E-state index contributed by atoms with van der Waals surface area (Å²) in [6.07, 6.45) is 1.64. The van der Waals surface area contributed by atoms with Crippen LogP contribution >= 0.6 is 0 Å². The van der Waals surface area contributed by atoms with Gasteiger partial charge >= 0.3 is 0 Å². The quantitative estimate of drug-likeness (QED) is 0.822. The van der Waals surface area contributed by atoms with E-state index in [4.69, 9.17) is 14.2 Å². The van der Waals surface area contributed by atoms with Gasteiger partial charge in [-0.2, -0.15) is 4.31 Å². The molecule has 0 aliphatic carbocycles. The zero-order valence-corrected chi connectivity index (χ0v) is 15.4. The standard InChI is InChI=1S/C19H21NO5S/c1-23-15-6-4-14(5-7-15)17-3-2-10-20(17)26(21,22)16-8-9-18-19(13-16)25-12-11-24-18/h4-9,13,17H,2-3,10-12H2,1H3/t17-/m1/s1. The SMILES string of the molecule is COc1ccc([C@H]2CCCN2S(=O)(=O)c2ccc3c(c2)OCCO3)cc1. The number of sulfonamides is 1. The third-order valence-corrected chi connectivity index (χ3v) is 6.73. The van der Waals surface area contributed by atoms with Crippen LogP contribution in [0.15, 0.2) is 47.4 Å². The van der Waals surface area contributed by atoms with Gasteiger partial charge in [0.1, 0.15) is 19.0 Å². The van der Waals surface area contributed by atoms with Crippen LogP contribution in [0.25, 0.3) is 0 Å². The molecule has 0 saturated carbocycles. The Balaban J connectivity index is 1.65. The van der Waals surface area contributed by atoms with Crippen molar-refractivity contribution in [2.75, 3.05) is 26.9 Å². The summed E-state index contributed by atoms with van der Waals surface area (Å²) in [5.41, 5.74) is 0.976. The molecular weight excluding hydrogens is 354 g/mol. The van der Waals surface area contributed by atoms with Crippen LogP contribution in [-0.4, -0.2) is 39.6 Å². The maximum absolute atomic E-state index is 13.2. The molecule has 0 N–H and O–H groups in total. The molecule has 2 aromatic carbocycles. The Morgan fingerprint density at radius 3 is 2.50 bits per heavy atom. The van der Waals surface area contributed by atoms with Crippen LogP contribution in [0.2, 0.25) is 0 Å². The van der Waals surface area contributed by atoms with Crippen LogP contribution < -0.4 is 14.2 Å². The topological polar surface area (TPSA) is 65.1 Å². The molecule has 1 saturated heterocycles. The van der Waals surface area contributed by atoms with E-state index < -0.39 is 10.0 Å². The summed E-state index contributed by atoms with van der Waals surface area (Å²) in [6, 6.07) is 12.2. The van der Waals surface area contributed by atoms with Gasteiger partial charge in [-0.25, -0.2) is 8.42 Å². The molecule has 7 heteroatoms. The van der Waals surface area contributed by atoms with Crippen molar-refractivity contribution in [3.63, 3.8) is 0 Å². The second-order valence-corrected chi connectivity index (χ2v) is 8.24. The van der Waals surface area contributed by atoms with Crippen molar-refractivity contribution in [1.29, 1.82) is 0 Å². The van der Waals surface area contributed by atoms with Crippen molar-refractivity contribution < 1.29 is 22.6 Å². The van der Waals surface area contributed by atoms with E-state index in [1.165, 1.54) is 0 Å². The molecule has 4 rings (SSSR count). The van der Waals surface area contributed by atoms with E-state index in [1.54, 1.807) is 29.6 Å². The summed E-state index contributed by atoms with van der Waals surface area (Å²) in [5, 5.41) is 0. The van der Waals surface area contributed by atoms with Crippen LogP contribution in [0.1, 0.15) is 24.4 Å². The first kappa shape index (κ1) is 17.2. The van der Waals surface area contributed by atoms with Gasteiger partial charge in [0, 0.05) is 12.6 Å². The van der Waals surface area contributed by atoms with Gasteiger partial charge in [0.2, 0.25) is 10.0 Å². The molecule has 0 amide bonds. The molecule has 2 aromatic rings. The Labute approximate surface area is 153 Å². The predicted molar refractivity (Wildman–Crippen MR) is 96.3 cm³/mol. The Bertz CT molecular complexity index is 895. The smallest absolute Gasteiger partial charge is 0.243 e. The molecule has 2 aliphatic heterocycles. The first-order valence-corrected chi connectivity index (χ1v) is 10.1. The summed E-state index contributed by atoms with van der Waals surface area (Å²) in [5.74, 6) is 1.83. The lowest BCUT2D eigenvalue weighted by Gasteiger charge is -2.25. The molecule has 2 heterocycles. The van der Waals surface area contributed by atoms with Gasteiger partial charge in [0.05, 0.1) is 18.0 Å². The Morgan fingerprint density at radius 2 is 1.77 bits per heavy atom. The highest BCUT2D eigenvalue weighted by Crippen LogP contribution is 2.39. The summed E-state index contributed by atoms with van der Waals surface area (Å²) < 4.78 is 44.3.